The third-order valence-corrected chi connectivity index (χ3v) is 3.42. The zero-order valence-corrected chi connectivity index (χ0v) is 10.9. The minimum Gasteiger partial charge on any atom is -0.398 e. The van der Waals surface area contributed by atoms with Gasteiger partial charge in [0.05, 0.1) is 11.7 Å². The van der Waals surface area contributed by atoms with E-state index in [0.29, 0.717) is 23.8 Å². The Labute approximate surface area is 111 Å². The molecule has 2 heterocycles. The second-order valence-electron chi connectivity index (χ2n) is 4.89. The van der Waals surface area contributed by atoms with Gasteiger partial charge in [-0.25, -0.2) is 0 Å². The Bertz CT molecular complexity index is 554. The van der Waals surface area contributed by atoms with Crippen molar-refractivity contribution in [3.05, 3.63) is 29.6 Å². The lowest BCUT2D eigenvalue weighted by Crippen LogP contribution is -2.09. The molecular weight excluding hydrogens is 242 g/mol. The van der Waals surface area contributed by atoms with Crippen molar-refractivity contribution in [2.24, 2.45) is 0 Å². The predicted octanol–water partition coefficient (Wildman–Crippen LogP) is 2.35. The predicted molar refractivity (Wildman–Crippen MR) is 71.6 cm³/mol. The van der Waals surface area contributed by atoms with Crippen LogP contribution in [0.5, 0.6) is 0 Å². The van der Waals surface area contributed by atoms with Gasteiger partial charge in [0.15, 0.2) is 5.82 Å². The van der Waals surface area contributed by atoms with Crippen LogP contribution in [-0.4, -0.2) is 22.9 Å². The molecule has 2 N–H and O–H groups in total. The van der Waals surface area contributed by atoms with Gasteiger partial charge < -0.3 is 15.0 Å². The molecule has 0 aliphatic carbocycles. The van der Waals surface area contributed by atoms with Gasteiger partial charge in [-0.15, -0.1) is 0 Å². The van der Waals surface area contributed by atoms with Gasteiger partial charge in [-0.2, -0.15) is 4.98 Å². The molecule has 1 aromatic carbocycles. The quantitative estimate of drug-likeness (QED) is 0.856. The summed E-state index contributed by atoms with van der Waals surface area (Å²) in [6, 6.07) is 5.74. The van der Waals surface area contributed by atoms with Gasteiger partial charge in [0, 0.05) is 18.7 Å². The molecule has 1 aromatic heterocycles. The van der Waals surface area contributed by atoms with Crippen LogP contribution < -0.4 is 5.73 Å². The fraction of sp³-hybridized carbons (Fsp3) is 0.429. The van der Waals surface area contributed by atoms with Crippen molar-refractivity contribution in [1.29, 1.82) is 0 Å². The molecule has 0 saturated carbocycles. The van der Waals surface area contributed by atoms with Crippen LogP contribution in [-0.2, 0) is 11.2 Å². The second kappa shape index (κ2) is 5.01. The molecule has 1 unspecified atom stereocenters. The molecule has 1 saturated heterocycles. The average molecular weight is 259 g/mol. The van der Waals surface area contributed by atoms with Crippen LogP contribution in [0, 0.1) is 6.92 Å². The highest BCUT2D eigenvalue weighted by molar-refractivity contribution is 5.73. The molecular formula is C14H17N3O2. The molecule has 5 nitrogen and oxygen atoms in total. The number of aromatic nitrogens is 2. The molecule has 19 heavy (non-hydrogen) atoms. The Morgan fingerprint density at radius 2 is 2.32 bits per heavy atom. The van der Waals surface area contributed by atoms with E-state index in [1.807, 2.05) is 25.1 Å². The van der Waals surface area contributed by atoms with Crippen molar-refractivity contribution in [3.63, 3.8) is 0 Å². The van der Waals surface area contributed by atoms with Gasteiger partial charge in [-0.3, -0.25) is 0 Å². The van der Waals surface area contributed by atoms with Crippen molar-refractivity contribution < 1.29 is 9.26 Å². The largest absolute Gasteiger partial charge is 0.398 e. The summed E-state index contributed by atoms with van der Waals surface area (Å²) < 4.78 is 10.9. The van der Waals surface area contributed by atoms with Crippen molar-refractivity contribution in [3.8, 4) is 11.5 Å². The average Bonchev–Trinajstić information content (AvgIpc) is 3.02. The lowest BCUT2D eigenvalue weighted by Gasteiger charge is -2.04. The summed E-state index contributed by atoms with van der Waals surface area (Å²) in [5.41, 5.74) is 8.50. The fourth-order valence-electron chi connectivity index (χ4n) is 2.43. The molecule has 5 heteroatoms. The smallest absolute Gasteiger partial charge is 0.260 e. The number of anilines is 1. The summed E-state index contributed by atoms with van der Waals surface area (Å²) in [6.45, 7) is 2.82. The third kappa shape index (κ3) is 2.46. The Kier molecular flexibility index (Phi) is 3.21. The first kappa shape index (κ1) is 12.2. The van der Waals surface area contributed by atoms with Gasteiger partial charge >= 0.3 is 0 Å². The maximum Gasteiger partial charge on any atom is 0.260 e. The third-order valence-electron chi connectivity index (χ3n) is 3.42. The van der Waals surface area contributed by atoms with Crippen LogP contribution in [0.15, 0.2) is 22.7 Å². The van der Waals surface area contributed by atoms with Crippen molar-refractivity contribution >= 4 is 5.69 Å². The first-order valence-electron chi connectivity index (χ1n) is 6.53. The number of aryl methyl sites for hydroxylation is 1. The van der Waals surface area contributed by atoms with Crippen molar-refractivity contribution in [2.45, 2.75) is 32.3 Å². The highest BCUT2D eigenvalue weighted by atomic mass is 16.5. The Morgan fingerprint density at radius 1 is 1.42 bits per heavy atom. The summed E-state index contributed by atoms with van der Waals surface area (Å²) >= 11 is 0. The Morgan fingerprint density at radius 3 is 3.05 bits per heavy atom. The molecule has 1 atom stereocenters. The summed E-state index contributed by atoms with van der Waals surface area (Å²) in [5.74, 6) is 1.17. The number of hydrogen-bond donors (Lipinski definition) is 1. The lowest BCUT2D eigenvalue weighted by molar-refractivity contribution is 0.109. The number of hydrogen-bond acceptors (Lipinski definition) is 5. The molecule has 0 bridgehead atoms. The Balaban J connectivity index is 1.84. The van der Waals surface area contributed by atoms with Crippen LogP contribution in [0.3, 0.4) is 0 Å². The zero-order valence-electron chi connectivity index (χ0n) is 10.9. The summed E-state index contributed by atoms with van der Waals surface area (Å²) in [7, 11) is 0. The number of nitrogen functional groups attached to an aromatic ring is 1. The zero-order chi connectivity index (χ0) is 13.2. The van der Waals surface area contributed by atoms with E-state index in [-0.39, 0.29) is 6.10 Å². The van der Waals surface area contributed by atoms with Gasteiger partial charge in [0.1, 0.15) is 0 Å². The molecule has 0 amide bonds. The van der Waals surface area contributed by atoms with E-state index in [1.54, 1.807) is 0 Å². The minimum absolute atomic E-state index is 0.222. The summed E-state index contributed by atoms with van der Waals surface area (Å²) in [4.78, 5) is 4.43. The SMILES string of the molecule is Cc1cccc(N)c1-c1nc(CC2CCCO2)no1. The Hall–Kier alpha value is -1.88. The van der Waals surface area contributed by atoms with Crippen LogP contribution in [0.25, 0.3) is 11.5 Å². The van der Waals surface area contributed by atoms with E-state index in [4.69, 9.17) is 15.0 Å². The number of nitrogens with two attached hydrogens (primary N) is 1. The molecule has 1 fully saturated rings. The van der Waals surface area contributed by atoms with E-state index in [1.165, 1.54) is 0 Å². The lowest BCUT2D eigenvalue weighted by atomic mass is 10.1. The van der Waals surface area contributed by atoms with E-state index < -0.39 is 0 Å². The number of nitrogens with zero attached hydrogens (tertiary/aromatic N) is 2. The number of rotatable bonds is 3. The van der Waals surface area contributed by atoms with E-state index in [9.17, 15) is 0 Å². The van der Waals surface area contributed by atoms with Crippen molar-refractivity contribution in [1.82, 2.24) is 10.1 Å². The normalized spacial score (nSPS) is 18.9. The minimum atomic E-state index is 0.222. The van der Waals surface area contributed by atoms with Crippen LogP contribution in [0.1, 0.15) is 24.2 Å². The molecule has 0 radical (unpaired) electrons. The van der Waals surface area contributed by atoms with E-state index in [2.05, 4.69) is 10.1 Å². The van der Waals surface area contributed by atoms with Gasteiger partial charge in [-0.05, 0) is 31.4 Å². The molecule has 2 aromatic rings. The monoisotopic (exact) mass is 259 g/mol. The van der Waals surface area contributed by atoms with Gasteiger partial charge in [-0.1, -0.05) is 17.3 Å². The molecule has 0 spiro atoms. The molecule has 3 rings (SSSR count). The maximum atomic E-state index is 5.97. The number of benzene rings is 1. The highest BCUT2D eigenvalue weighted by Crippen LogP contribution is 2.28. The number of ether oxygens (including phenoxy) is 1. The maximum absolute atomic E-state index is 5.97. The topological polar surface area (TPSA) is 74.2 Å². The van der Waals surface area contributed by atoms with Gasteiger partial charge in [0.25, 0.3) is 5.89 Å². The molecule has 100 valence electrons. The first-order valence-corrected chi connectivity index (χ1v) is 6.53. The highest BCUT2D eigenvalue weighted by Gasteiger charge is 2.20. The molecule has 1 aliphatic heterocycles. The van der Waals surface area contributed by atoms with E-state index >= 15 is 0 Å². The first-order chi connectivity index (χ1) is 9.24. The summed E-state index contributed by atoms with van der Waals surface area (Å²) in [5, 5.41) is 4.02. The van der Waals surface area contributed by atoms with Crippen LogP contribution >= 0.6 is 0 Å². The molecule has 1 aliphatic rings. The van der Waals surface area contributed by atoms with Crippen LogP contribution in [0.2, 0.25) is 0 Å². The summed E-state index contributed by atoms with van der Waals surface area (Å²) in [6.07, 6.45) is 3.10. The van der Waals surface area contributed by atoms with Crippen LogP contribution in [0.4, 0.5) is 5.69 Å². The van der Waals surface area contributed by atoms with Crippen molar-refractivity contribution in [2.75, 3.05) is 12.3 Å². The van der Waals surface area contributed by atoms with Gasteiger partial charge in [0.2, 0.25) is 0 Å². The standard InChI is InChI=1S/C14H17N3O2/c1-9-4-2-6-11(15)13(9)14-16-12(17-19-14)8-10-5-3-7-18-10/h2,4,6,10H,3,5,7-8,15H2,1H3. The van der Waals surface area contributed by atoms with E-state index in [0.717, 1.165) is 30.6 Å². The second-order valence-corrected chi connectivity index (χ2v) is 4.89. The fourth-order valence-corrected chi connectivity index (χ4v) is 2.43.